The zero-order valence-electron chi connectivity index (χ0n) is 14.0. The van der Waals surface area contributed by atoms with Gasteiger partial charge in [0.15, 0.2) is 0 Å². The van der Waals surface area contributed by atoms with Crippen molar-refractivity contribution in [1.29, 1.82) is 0 Å². The Bertz CT molecular complexity index is 650. The molecule has 1 aliphatic carbocycles. The highest BCUT2D eigenvalue weighted by Gasteiger charge is 2.54. The van der Waals surface area contributed by atoms with Crippen LogP contribution in [0.25, 0.3) is 0 Å². The van der Waals surface area contributed by atoms with E-state index in [2.05, 4.69) is 0 Å². The zero-order valence-corrected chi connectivity index (χ0v) is 14.0. The van der Waals surface area contributed by atoms with E-state index in [1.54, 1.807) is 11.0 Å². The van der Waals surface area contributed by atoms with Gasteiger partial charge in [0.2, 0.25) is 5.91 Å². The summed E-state index contributed by atoms with van der Waals surface area (Å²) in [5.74, 6) is -0.0539. The Balaban J connectivity index is 1.85. The van der Waals surface area contributed by atoms with Crippen molar-refractivity contribution in [3.63, 3.8) is 0 Å². The molecule has 1 atom stereocenters. The second-order valence-corrected chi connectivity index (χ2v) is 7.77. The van der Waals surface area contributed by atoms with E-state index in [0.29, 0.717) is 31.5 Å². The first-order valence-corrected chi connectivity index (χ1v) is 8.29. The topological polar surface area (TPSA) is 46.3 Å². The summed E-state index contributed by atoms with van der Waals surface area (Å²) in [5.41, 5.74) is 4.94. The first-order valence-electron chi connectivity index (χ1n) is 8.29. The monoisotopic (exact) mass is 340 g/mol. The lowest BCUT2D eigenvalue weighted by Gasteiger charge is -2.43. The number of hydrogen-bond acceptors (Lipinski definition) is 2. The molecule has 1 heterocycles. The van der Waals surface area contributed by atoms with Crippen LogP contribution in [0.2, 0.25) is 0 Å². The van der Waals surface area contributed by atoms with E-state index in [9.17, 15) is 18.0 Å². The number of alkyl halides is 3. The van der Waals surface area contributed by atoms with E-state index >= 15 is 0 Å². The van der Waals surface area contributed by atoms with Gasteiger partial charge in [0, 0.05) is 19.1 Å². The molecule has 1 unspecified atom stereocenters. The maximum atomic E-state index is 13.0. The summed E-state index contributed by atoms with van der Waals surface area (Å²) >= 11 is 0. The van der Waals surface area contributed by atoms with E-state index in [4.69, 9.17) is 5.73 Å². The third-order valence-electron chi connectivity index (χ3n) is 5.50. The molecule has 3 nitrogen and oxygen atoms in total. The summed E-state index contributed by atoms with van der Waals surface area (Å²) in [4.78, 5) is 14.8. The number of nitrogens with zero attached hydrogens (tertiary/aromatic N) is 1. The minimum absolute atomic E-state index is 0.0326. The summed E-state index contributed by atoms with van der Waals surface area (Å²) in [6.45, 7) is 5.18. The van der Waals surface area contributed by atoms with Crippen molar-refractivity contribution in [3.8, 4) is 0 Å². The molecule has 24 heavy (non-hydrogen) atoms. The van der Waals surface area contributed by atoms with Crippen LogP contribution in [0.4, 0.5) is 13.2 Å². The molecule has 1 amide bonds. The maximum Gasteiger partial charge on any atom is 0.416 e. The smallest absolute Gasteiger partial charge is 0.341 e. The lowest BCUT2D eigenvalue weighted by molar-refractivity contribution is -0.139. The van der Waals surface area contributed by atoms with Crippen molar-refractivity contribution in [2.24, 2.45) is 11.1 Å². The molecule has 1 saturated carbocycles. The number of benzene rings is 1. The maximum absolute atomic E-state index is 13.0. The number of nitrogens with two attached hydrogens (primary N) is 1. The van der Waals surface area contributed by atoms with E-state index < -0.39 is 17.2 Å². The normalized spacial score (nSPS) is 25.4. The third kappa shape index (κ3) is 2.92. The molecule has 1 aromatic carbocycles. The molecule has 1 aliphatic heterocycles. The summed E-state index contributed by atoms with van der Waals surface area (Å²) < 4.78 is 38.9. The van der Waals surface area contributed by atoms with Gasteiger partial charge in [-0.05, 0) is 36.3 Å². The summed E-state index contributed by atoms with van der Waals surface area (Å²) in [5, 5.41) is 0. The number of hydrogen-bond donors (Lipinski definition) is 1. The number of piperidine rings is 1. The predicted molar refractivity (Wildman–Crippen MR) is 85.3 cm³/mol. The Labute approximate surface area is 140 Å². The van der Waals surface area contributed by atoms with Gasteiger partial charge < -0.3 is 10.6 Å². The molecule has 1 saturated heterocycles. The average Bonchev–Trinajstić information content (AvgIpc) is 3.30. The Morgan fingerprint density at radius 1 is 1.29 bits per heavy atom. The Morgan fingerprint density at radius 3 is 2.50 bits per heavy atom. The highest BCUT2D eigenvalue weighted by molar-refractivity contribution is 5.91. The Kier molecular flexibility index (Phi) is 3.94. The fourth-order valence-electron chi connectivity index (χ4n) is 3.59. The van der Waals surface area contributed by atoms with Crippen LogP contribution < -0.4 is 5.73 Å². The minimum atomic E-state index is -4.39. The van der Waals surface area contributed by atoms with Gasteiger partial charge in [-0.25, -0.2) is 0 Å². The Morgan fingerprint density at radius 2 is 1.96 bits per heavy atom. The summed E-state index contributed by atoms with van der Waals surface area (Å²) in [6.07, 6.45) is -2.46. The third-order valence-corrected chi connectivity index (χ3v) is 5.50. The van der Waals surface area contributed by atoms with E-state index in [1.165, 1.54) is 6.07 Å². The highest BCUT2D eigenvalue weighted by Crippen LogP contribution is 2.51. The van der Waals surface area contributed by atoms with Gasteiger partial charge in [0.25, 0.3) is 0 Å². The van der Waals surface area contributed by atoms with E-state index in [-0.39, 0.29) is 17.4 Å². The van der Waals surface area contributed by atoms with Gasteiger partial charge in [-0.3, -0.25) is 4.79 Å². The lowest BCUT2D eigenvalue weighted by Crippen LogP contribution is -2.55. The largest absolute Gasteiger partial charge is 0.416 e. The highest BCUT2D eigenvalue weighted by atomic mass is 19.4. The fourth-order valence-corrected chi connectivity index (χ4v) is 3.59. The van der Waals surface area contributed by atoms with E-state index in [0.717, 1.165) is 18.6 Å². The van der Waals surface area contributed by atoms with Gasteiger partial charge in [-0.1, -0.05) is 32.0 Å². The quantitative estimate of drug-likeness (QED) is 0.898. The number of likely N-dealkylation sites (tertiary alicyclic amines) is 1. The first-order chi connectivity index (χ1) is 11.1. The van der Waals surface area contributed by atoms with Crippen molar-refractivity contribution in [3.05, 3.63) is 35.4 Å². The molecule has 2 N–H and O–H groups in total. The molecule has 2 fully saturated rings. The number of halogens is 3. The van der Waals surface area contributed by atoms with Crippen LogP contribution in [0.3, 0.4) is 0 Å². The number of carbonyl (C=O) groups is 1. The van der Waals surface area contributed by atoms with Crippen LogP contribution in [0.5, 0.6) is 0 Å². The van der Waals surface area contributed by atoms with Crippen molar-refractivity contribution in [2.75, 3.05) is 13.1 Å². The van der Waals surface area contributed by atoms with Gasteiger partial charge in [-0.2, -0.15) is 13.2 Å². The number of carbonyl (C=O) groups excluding carboxylic acids is 1. The van der Waals surface area contributed by atoms with Crippen LogP contribution in [-0.2, 0) is 16.4 Å². The molecule has 0 radical (unpaired) electrons. The molecule has 6 heteroatoms. The van der Waals surface area contributed by atoms with Crippen molar-refractivity contribution >= 4 is 5.91 Å². The van der Waals surface area contributed by atoms with Gasteiger partial charge in [-0.15, -0.1) is 0 Å². The minimum Gasteiger partial charge on any atom is -0.341 e. The molecule has 2 aliphatic rings. The van der Waals surface area contributed by atoms with Gasteiger partial charge in [0.05, 0.1) is 11.0 Å². The average molecular weight is 340 g/mol. The van der Waals surface area contributed by atoms with Crippen molar-refractivity contribution in [1.82, 2.24) is 4.90 Å². The second kappa shape index (κ2) is 5.48. The fraction of sp³-hybridized carbons (Fsp3) is 0.611. The molecule has 3 rings (SSSR count). The van der Waals surface area contributed by atoms with Crippen LogP contribution in [0.1, 0.15) is 44.2 Å². The standard InChI is InChI=1S/C18H23F3N2O/c1-16(2)11-23(9-6-14(16)22)15(24)17(7-8-17)12-4-3-5-13(10-12)18(19,20)21/h3-5,10,14H,6-9,11,22H2,1-2H3. The molecular weight excluding hydrogens is 317 g/mol. The molecule has 0 aromatic heterocycles. The first kappa shape index (κ1) is 17.3. The predicted octanol–water partition coefficient (Wildman–Crippen LogP) is 3.32. The van der Waals surface area contributed by atoms with Crippen LogP contribution >= 0.6 is 0 Å². The van der Waals surface area contributed by atoms with Gasteiger partial charge >= 0.3 is 6.18 Å². The summed E-state index contributed by atoms with van der Waals surface area (Å²) in [6, 6.07) is 5.24. The van der Waals surface area contributed by atoms with Crippen molar-refractivity contribution in [2.45, 2.75) is 50.7 Å². The molecule has 0 spiro atoms. The summed E-state index contributed by atoms with van der Waals surface area (Å²) in [7, 11) is 0. The zero-order chi connectivity index (χ0) is 17.8. The SMILES string of the molecule is CC1(C)CN(C(=O)C2(c3cccc(C(F)(F)F)c3)CC2)CCC1N. The van der Waals surface area contributed by atoms with Crippen LogP contribution in [0, 0.1) is 5.41 Å². The molecule has 1 aromatic rings. The van der Waals surface area contributed by atoms with Crippen LogP contribution in [-0.4, -0.2) is 29.9 Å². The van der Waals surface area contributed by atoms with E-state index in [1.807, 2.05) is 13.8 Å². The van der Waals surface area contributed by atoms with Crippen molar-refractivity contribution < 1.29 is 18.0 Å². The molecule has 132 valence electrons. The molecular formula is C18H23F3N2O. The van der Waals surface area contributed by atoms with Gasteiger partial charge in [0.1, 0.15) is 0 Å². The molecule has 0 bridgehead atoms. The second-order valence-electron chi connectivity index (χ2n) is 7.77. The lowest BCUT2D eigenvalue weighted by atomic mass is 9.79. The number of amides is 1. The number of rotatable bonds is 2. The Hall–Kier alpha value is -1.56. The van der Waals surface area contributed by atoms with Crippen LogP contribution in [0.15, 0.2) is 24.3 Å².